The Labute approximate surface area is 82.3 Å². The molecule has 0 aliphatic rings. The van der Waals surface area contributed by atoms with Crippen LogP contribution in [0.15, 0.2) is 18.2 Å². The van der Waals surface area contributed by atoms with Crippen LogP contribution in [0.4, 0.5) is 5.69 Å². The molecule has 0 heterocycles. The normalized spacial score (nSPS) is 9.86. The molecule has 0 fully saturated rings. The lowest BCUT2D eigenvalue weighted by molar-refractivity contribution is 0.0434. The molecule has 0 spiro atoms. The van der Waals surface area contributed by atoms with Crippen LogP contribution in [0.2, 0.25) is 0 Å². The molecule has 0 amide bonds. The molecule has 1 rings (SSSR count). The van der Waals surface area contributed by atoms with Crippen LogP contribution in [0.3, 0.4) is 0 Å². The van der Waals surface area contributed by atoms with E-state index in [-0.39, 0.29) is 13.2 Å². The van der Waals surface area contributed by atoms with Crippen molar-refractivity contribution in [3.05, 3.63) is 29.3 Å². The third-order valence-electron chi connectivity index (χ3n) is 1.84. The SMILES string of the molecule is Cc1ccc(C(=O)OCCO)cc1N. The van der Waals surface area contributed by atoms with Crippen molar-refractivity contribution in [3.63, 3.8) is 0 Å². The molecule has 1 aromatic carbocycles. The van der Waals surface area contributed by atoms with Crippen molar-refractivity contribution in [2.45, 2.75) is 6.92 Å². The minimum Gasteiger partial charge on any atom is -0.460 e. The van der Waals surface area contributed by atoms with Gasteiger partial charge in [0, 0.05) is 5.69 Å². The van der Waals surface area contributed by atoms with Crippen LogP contribution in [0.5, 0.6) is 0 Å². The highest BCUT2D eigenvalue weighted by Gasteiger charge is 2.07. The Balaban J connectivity index is 2.76. The molecule has 3 N–H and O–H groups in total. The van der Waals surface area contributed by atoms with E-state index in [0.717, 1.165) is 5.56 Å². The summed E-state index contributed by atoms with van der Waals surface area (Å²) in [5.41, 5.74) is 7.51. The molecular weight excluding hydrogens is 182 g/mol. The molecule has 4 nitrogen and oxygen atoms in total. The number of ether oxygens (including phenoxy) is 1. The maximum absolute atomic E-state index is 11.3. The first-order valence-electron chi connectivity index (χ1n) is 4.29. The lowest BCUT2D eigenvalue weighted by atomic mass is 10.1. The predicted molar refractivity (Wildman–Crippen MR) is 53.0 cm³/mol. The molecule has 0 saturated heterocycles. The van der Waals surface area contributed by atoms with E-state index in [0.29, 0.717) is 11.3 Å². The largest absolute Gasteiger partial charge is 0.460 e. The molecule has 76 valence electrons. The van der Waals surface area contributed by atoms with Crippen LogP contribution in [0.25, 0.3) is 0 Å². The number of esters is 1. The van der Waals surface area contributed by atoms with Crippen LogP contribution in [0.1, 0.15) is 15.9 Å². The fraction of sp³-hybridized carbons (Fsp3) is 0.300. The minimum atomic E-state index is -0.467. The fourth-order valence-electron chi connectivity index (χ4n) is 0.989. The minimum absolute atomic E-state index is 0.00656. The number of aliphatic hydroxyl groups is 1. The number of nitrogens with two attached hydrogens (primary N) is 1. The molecule has 14 heavy (non-hydrogen) atoms. The fourth-order valence-corrected chi connectivity index (χ4v) is 0.989. The first-order valence-corrected chi connectivity index (χ1v) is 4.29. The number of rotatable bonds is 3. The van der Waals surface area contributed by atoms with E-state index in [9.17, 15) is 4.79 Å². The first kappa shape index (κ1) is 10.5. The Morgan fingerprint density at radius 2 is 2.29 bits per heavy atom. The van der Waals surface area contributed by atoms with Gasteiger partial charge in [-0.1, -0.05) is 6.07 Å². The Kier molecular flexibility index (Phi) is 3.48. The monoisotopic (exact) mass is 195 g/mol. The zero-order chi connectivity index (χ0) is 10.6. The second-order valence-electron chi connectivity index (χ2n) is 2.93. The van der Waals surface area contributed by atoms with Gasteiger partial charge in [0.05, 0.1) is 12.2 Å². The van der Waals surface area contributed by atoms with Crippen molar-refractivity contribution in [2.75, 3.05) is 18.9 Å². The van der Waals surface area contributed by atoms with E-state index in [1.54, 1.807) is 18.2 Å². The maximum Gasteiger partial charge on any atom is 0.338 e. The van der Waals surface area contributed by atoms with Gasteiger partial charge >= 0.3 is 5.97 Å². The summed E-state index contributed by atoms with van der Waals surface area (Å²) < 4.78 is 4.73. The smallest absolute Gasteiger partial charge is 0.338 e. The third kappa shape index (κ3) is 2.47. The molecule has 0 aliphatic carbocycles. The Hall–Kier alpha value is -1.55. The number of carbonyl (C=O) groups excluding carboxylic acids is 1. The van der Waals surface area contributed by atoms with Crippen molar-refractivity contribution in [1.29, 1.82) is 0 Å². The van der Waals surface area contributed by atoms with Crippen molar-refractivity contribution >= 4 is 11.7 Å². The molecule has 0 radical (unpaired) electrons. The predicted octanol–water partition coefficient (Wildman–Crippen LogP) is 0.726. The molecular formula is C10H13NO3. The summed E-state index contributed by atoms with van der Waals surface area (Å²) in [6.07, 6.45) is 0. The number of benzene rings is 1. The van der Waals surface area contributed by atoms with Gasteiger partial charge in [0.2, 0.25) is 0 Å². The number of hydrogen-bond donors (Lipinski definition) is 2. The van der Waals surface area contributed by atoms with Gasteiger partial charge in [0.25, 0.3) is 0 Å². The molecule has 1 aromatic rings. The summed E-state index contributed by atoms with van der Waals surface area (Å²) >= 11 is 0. The molecule has 0 bridgehead atoms. The van der Waals surface area contributed by atoms with Crippen molar-refractivity contribution in [1.82, 2.24) is 0 Å². The molecule has 0 saturated carbocycles. The highest BCUT2D eigenvalue weighted by molar-refractivity contribution is 5.90. The summed E-state index contributed by atoms with van der Waals surface area (Å²) in [6, 6.07) is 4.96. The quantitative estimate of drug-likeness (QED) is 0.550. The number of carbonyl (C=O) groups is 1. The number of aryl methyl sites for hydroxylation is 1. The van der Waals surface area contributed by atoms with Crippen LogP contribution in [-0.2, 0) is 4.74 Å². The number of aliphatic hydroxyl groups excluding tert-OH is 1. The summed E-state index contributed by atoms with van der Waals surface area (Å²) in [5.74, 6) is -0.467. The lowest BCUT2D eigenvalue weighted by Gasteiger charge is -2.04. The van der Waals surface area contributed by atoms with Gasteiger partial charge in [-0.3, -0.25) is 0 Å². The average molecular weight is 195 g/mol. The van der Waals surface area contributed by atoms with E-state index in [1.807, 2.05) is 6.92 Å². The van der Waals surface area contributed by atoms with E-state index >= 15 is 0 Å². The molecule has 0 atom stereocenters. The lowest BCUT2D eigenvalue weighted by Crippen LogP contribution is -2.09. The van der Waals surface area contributed by atoms with Crippen LogP contribution < -0.4 is 5.73 Å². The zero-order valence-electron chi connectivity index (χ0n) is 7.99. The number of nitrogen functional groups attached to an aromatic ring is 1. The summed E-state index contributed by atoms with van der Waals surface area (Å²) in [6.45, 7) is 1.69. The van der Waals surface area contributed by atoms with Gasteiger partial charge in [-0.2, -0.15) is 0 Å². The summed E-state index contributed by atoms with van der Waals surface area (Å²) in [7, 11) is 0. The van der Waals surface area contributed by atoms with Gasteiger partial charge in [-0.05, 0) is 24.6 Å². The molecule has 0 unspecified atom stereocenters. The zero-order valence-corrected chi connectivity index (χ0v) is 7.99. The highest BCUT2D eigenvalue weighted by Crippen LogP contribution is 2.13. The maximum atomic E-state index is 11.3. The van der Waals surface area contributed by atoms with E-state index in [2.05, 4.69) is 0 Å². The average Bonchev–Trinajstić information content (AvgIpc) is 2.18. The molecule has 4 heteroatoms. The van der Waals surface area contributed by atoms with Gasteiger partial charge in [-0.25, -0.2) is 4.79 Å². The number of hydrogen-bond acceptors (Lipinski definition) is 4. The summed E-state index contributed by atoms with van der Waals surface area (Å²) in [4.78, 5) is 11.3. The van der Waals surface area contributed by atoms with Gasteiger partial charge in [0.15, 0.2) is 0 Å². The van der Waals surface area contributed by atoms with Crippen molar-refractivity contribution < 1.29 is 14.6 Å². The molecule has 0 aromatic heterocycles. The van der Waals surface area contributed by atoms with Crippen LogP contribution in [-0.4, -0.2) is 24.3 Å². The Bertz CT molecular complexity index is 336. The van der Waals surface area contributed by atoms with E-state index in [1.165, 1.54) is 0 Å². The standard InChI is InChI=1S/C10H13NO3/c1-7-2-3-8(6-9(7)11)10(13)14-5-4-12/h2-3,6,12H,4-5,11H2,1H3. The Morgan fingerprint density at radius 3 is 2.86 bits per heavy atom. The van der Waals surface area contributed by atoms with Gasteiger partial charge in [0.1, 0.15) is 6.61 Å². The topological polar surface area (TPSA) is 72.5 Å². The van der Waals surface area contributed by atoms with Crippen molar-refractivity contribution in [3.8, 4) is 0 Å². The van der Waals surface area contributed by atoms with E-state index < -0.39 is 5.97 Å². The van der Waals surface area contributed by atoms with Crippen molar-refractivity contribution in [2.24, 2.45) is 0 Å². The highest BCUT2D eigenvalue weighted by atomic mass is 16.5. The third-order valence-corrected chi connectivity index (χ3v) is 1.84. The summed E-state index contributed by atoms with van der Waals surface area (Å²) in [5, 5.41) is 8.46. The van der Waals surface area contributed by atoms with Gasteiger partial charge in [-0.15, -0.1) is 0 Å². The van der Waals surface area contributed by atoms with Gasteiger partial charge < -0.3 is 15.6 Å². The van der Waals surface area contributed by atoms with Crippen LogP contribution >= 0.6 is 0 Å². The second kappa shape index (κ2) is 4.62. The van der Waals surface area contributed by atoms with Crippen LogP contribution in [0, 0.1) is 6.92 Å². The first-order chi connectivity index (χ1) is 6.65. The Morgan fingerprint density at radius 1 is 1.57 bits per heavy atom. The second-order valence-corrected chi connectivity index (χ2v) is 2.93. The number of anilines is 1. The van der Waals surface area contributed by atoms with E-state index in [4.69, 9.17) is 15.6 Å². The molecule has 0 aliphatic heterocycles.